The fourth-order valence-corrected chi connectivity index (χ4v) is 2.08. The van der Waals surface area contributed by atoms with Gasteiger partial charge in [-0.1, -0.05) is 0 Å². The zero-order valence-corrected chi connectivity index (χ0v) is 10.6. The summed E-state index contributed by atoms with van der Waals surface area (Å²) in [4.78, 5) is 22.7. The third-order valence-electron chi connectivity index (χ3n) is 3.18. The molecule has 0 bridgehead atoms. The quantitative estimate of drug-likeness (QED) is 0.870. The van der Waals surface area contributed by atoms with Gasteiger partial charge >= 0.3 is 5.97 Å². The maximum absolute atomic E-state index is 12.0. The lowest BCUT2D eigenvalue weighted by Crippen LogP contribution is -2.35. The van der Waals surface area contributed by atoms with E-state index in [9.17, 15) is 9.59 Å². The molecule has 2 N–H and O–H groups in total. The highest BCUT2D eigenvalue weighted by atomic mass is 16.5. The molecule has 0 aromatic heterocycles. The van der Waals surface area contributed by atoms with Gasteiger partial charge in [-0.2, -0.15) is 0 Å². The summed E-state index contributed by atoms with van der Waals surface area (Å²) in [5.41, 5.74) is 0.662. The first kappa shape index (κ1) is 13.5. The molecule has 5 heteroatoms. The van der Waals surface area contributed by atoms with Gasteiger partial charge in [0.05, 0.1) is 5.56 Å². The smallest absolute Gasteiger partial charge is 0.335 e. The minimum atomic E-state index is -0.993. The molecule has 1 heterocycles. The van der Waals surface area contributed by atoms with Crippen molar-refractivity contribution in [3.05, 3.63) is 35.4 Å². The lowest BCUT2D eigenvalue weighted by molar-refractivity contribution is 0.0696. The lowest BCUT2D eigenvalue weighted by atomic mass is 10.1. The van der Waals surface area contributed by atoms with Crippen LogP contribution < -0.4 is 5.32 Å². The van der Waals surface area contributed by atoms with Crippen LogP contribution in [0.1, 0.15) is 40.0 Å². The van der Waals surface area contributed by atoms with E-state index >= 15 is 0 Å². The summed E-state index contributed by atoms with van der Waals surface area (Å²) >= 11 is 0. The summed E-state index contributed by atoms with van der Waals surface area (Å²) in [7, 11) is 0. The monoisotopic (exact) mass is 263 g/mol. The molecule has 1 aromatic rings. The van der Waals surface area contributed by atoms with Crippen LogP contribution in [0.15, 0.2) is 24.3 Å². The standard InChI is InChI=1S/C14H17NO4/c16-13(15-12-2-1-8-19-9-7-12)10-3-5-11(6-4-10)14(17)18/h3-6,12H,1-2,7-9H2,(H,15,16)(H,17,18). The van der Waals surface area contributed by atoms with E-state index in [1.54, 1.807) is 0 Å². The third-order valence-corrected chi connectivity index (χ3v) is 3.18. The van der Waals surface area contributed by atoms with E-state index in [2.05, 4.69) is 5.32 Å². The van der Waals surface area contributed by atoms with Crippen molar-refractivity contribution in [2.24, 2.45) is 0 Å². The van der Waals surface area contributed by atoms with Crippen molar-refractivity contribution in [1.82, 2.24) is 5.32 Å². The first-order valence-electron chi connectivity index (χ1n) is 6.39. The molecule has 1 aromatic carbocycles. The van der Waals surface area contributed by atoms with Crippen molar-refractivity contribution < 1.29 is 19.4 Å². The third kappa shape index (κ3) is 3.79. The molecule has 102 valence electrons. The summed E-state index contributed by atoms with van der Waals surface area (Å²) < 4.78 is 5.34. The molecule has 2 rings (SSSR count). The highest BCUT2D eigenvalue weighted by Crippen LogP contribution is 2.10. The number of aromatic carboxylic acids is 1. The molecule has 0 spiro atoms. The van der Waals surface area contributed by atoms with Crippen LogP contribution in [0, 0.1) is 0 Å². The van der Waals surface area contributed by atoms with E-state index in [0.717, 1.165) is 25.9 Å². The second kappa shape index (κ2) is 6.33. The topological polar surface area (TPSA) is 75.6 Å². The van der Waals surface area contributed by atoms with Crippen LogP contribution in [0.4, 0.5) is 0 Å². The molecule has 1 aliphatic rings. The number of carbonyl (C=O) groups is 2. The second-order valence-corrected chi connectivity index (χ2v) is 4.60. The maximum atomic E-state index is 12.0. The first-order valence-corrected chi connectivity index (χ1v) is 6.39. The van der Waals surface area contributed by atoms with Crippen LogP contribution in [0.5, 0.6) is 0 Å². The van der Waals surface area contributed by atoms with Crippen molar-refractivity contribution in [2.75, 3.05) is 13.2 Å². The number of carbonyl (C=O) groups excluding carboxylic acids is 1. The molecule has 19 heavy (non-hydrogen) atoms. The SMILES string of the molecule is O=C(O)c1ccc(C(=O)NC2CCCOCC2)cc1. The van der Waals surface area contributed by atoms with Crippen molar-refractivity contribution in [1.29, 1.82) is 0 Å². The van der Waals surface area contributed by atoms with Gasteiger partial charge in [-0.3, -0.25) is 4.79 Å². The molecule has 5 nitrogen and oxygen atoms in total. The summed E-state index contributed by atoms with van der Waals surface area (Å²) in [6.07, 6.45) is 2.68. The number of hydrogen-bond acceptors (Lipinski definition) is 3. The largest absolute Gasteiger partial charge is 0.478 e. The fourth-order valence-electron chi connectivity index (χ4n) is 2.08. The van der Waals surface area contributed by atoms with Crippen LogP contribution in [0.3, 0.4) is 0 Å². The zero-order chi connectivity index (χ0) is 13.7. The Labute approximate surface area is 111 Å². The Hall–Kier alpha value is -1.88. The van der Waals surface area contributed by atoms with Crippen molar-refractivity contribution in [2.45, 2.75) is 25.3 Å². The number of benzene rings is 1. The minimum absolute atomic E-state index is 0.133. The Morgan fingerprint density at radius 3 is 2.47 bits per heavy atom. The fraction of sp³-hybridized carbons (Fsp3) is 0.429. The van der Waals surface area contributed by atoms with E-state index in [-0.39, 0.29) is 17.5 Å². The summed E-state index contributed by atoms with van der Waals surface area (Å²) in [5.74, 6) is -1.16. The number of rotatable bonds is 3. The van der Waals surface area contributed by atoms with Gasteiger partial charge < -0.3 is 15.2 Å². The highest BCUT2D eigenvalue weighted by Gasteiger charge is 2.16. The highest BCUT2D eigenvalue weighted by molar-refractivity contribution is 5.96. The number of amides is 1. The molecule has 0 radical (unpaired) electrons. The molecule has 0 aliphatic carbocycles. The first-order chi connectivity index (χ1) is 9.16. The van der Waals surface area contributed by atoms with Crippen LogP contribution in [-0.2, 0) is 4.74 Å². The van der Waals surface area contributed by atoms with Crippen molar-refractivity contribution in [3.8, 4) is 0 Å². The average Bonchev–Trinajstić information content (AvgIpc) is 2.67. The van der Waals surface area contributed by atoms with Crippen molar-refractivity contribution in [3.63, 3.8) is 0 Å². The van der Waals surface area contributed by atoms with E-state index < -0.39 is 5.97 Å². The summed E-state index contributed by atoms with van der Waals surface area (Å²) in [6.45, 7) is 1.42. The summed E-state index contributed by atoms with van der Waals surface area (Å²) in [5, 5.41) is 11.7. The lowest BCUT2D eigenvalue weighted by Gasteiger charge is -2.15. The number of carboxylic acids is 1. The van der Waals surface area contributed by atoms with E-state index in [1.165, 1.54) is 24.3 Å². The van der Waals surface area contributed by atoms with E-state index in [1.807, 2.05) is 0 Å². The Bertz CT molecular complexity index is 447. The summed E-state index contributed by atoms with van der Waals surface area (Å²) in [6, 6.07) is 6.08. The number of hydrogen-bond donors (Lipinski definition) is 2. The van der Waals surface area contributed by atoms with E-state index in [4.69, 9.17) is 9.84 Å². The van der Waals surface area contributed by atoms with Crippen LogP contribution in [-0.4, -0.2) is 36.2 Å². The average molecular weight is 263 g/mol. The van der Waals surface area contributed by atoms with E-state index in [0.29, 0.717) is 12.2 Å². The van der Waals surface area contributed by atoms with Gasteiger partial charge in [0.25, 0.3) is 5.91 Å². The molecule has 1 fully saturated rings. The number of nitrogens with one attached hydrogen (secondary N) is 1. The van der Waals surface area contributed by atoms with Gasteiger partial charge in [0, 0.05) is 24.8 Å². The Balaban J connectivity index is 1.96. The molecule has 1 atom stereocenters. The number of carboxylic acid groups (broad SMARTS) is 1. The molecular weight excluding hydrogens is 246 g/mol. The molecule has 1 amide bonds. The number of ether oxygens (including phenoxy) is 1. The maximum Gasteiger partial charge on any atom is 0.335 e. The van der Waals surface area contributed by atoms with Gasteiger partial charge in [0.1, 0.15) is 0 Å². The van der Waals surface area contributed by atoms with Gasteiger partial charge in [-0.05, 0) is 43.5 Å². The van der Waals surface area contributed by atoms with Crippen LogP contribution in [0.25, 0.3) is 0 Å². The molecule has 1 unspecified atom stereocenters. The molecule has 0 saturated carbocycles. The normalized spacial score (nSPS) is 19.5. The molecule has 1 aliphatic heterocycles. The van der Waals surface area contributed by atoms with Gasteiger partial charge in [-0.25, -0.2) is 4.79 Å². The molecular formula is C14H17NO4. The van der Waals surface area contributed by atoms with Crippen LogP contribution in [0.2, 0.25) is 0 Å². The Kier molecular flexibility index (Phi) is 4.52. The second-order valence-electron chi connectivity index (χ2n) is 4.60. The predicted molar refractivity (Wildman–Crippen MR) is 69.3 cm³/mol. The Morgan fingerprint density at radius 2 is 1.79 bits per heavy atom. The Morgan fingerprint density at radius 1 is 1.11 bits per heavy atom. The van der Waals surface area contributed by atoms with Gasteiger partial charge in [0.15, 0.2) is 0 Å². The van der Waals surface area contributed by atoms with Crippen molar-refractivity contribution >= 4 is 11.9 Å². The predicted octanol–water partition coefficient (Wildman–Crippen LogP) is 1.68. The zero-order valence-electron chi connectivity index (χ0n) is 10.6. The molecule has 1 saturated heterocycles. The van der Waals surface area contributed by atoms with Gasteiger partial charge in [0.2, 0.25) is 0 Å². The van der Waals surface area contributed by atoms with Crippen LogP contribution >= 0.6 is 0 Å². The van der Waals surface area contributed by atoms with Gasteiger partial charge in [-0.15, -0.1) is 0 Å². The minimum Gasteiger partial charge on any atom is -0.478 e.